The van der Waals surface area contributed by atoms with E-state index >= 15 is 0 Å². The number of nitrogens with zero attached hydrogens (tertiary/aromatic N) is 3. The minimum Gasteiger partial charge on any atom is -0.362 e. The molecule has 33 heavy (non-hydrogen) atoms. The SMILES string of the molecule is CSc1cccc(NC(=O)NCC2CCC(Nc3nc(N(C)C)c4ccccc4n3)CC2)c1. The topological polar surface area (TPSA) is 82.2 Å². The van der Waals surface area contributed by atoms with Crippen molar-refractivity contribution in [3.8, 4) is 0 Å². The van der Waals surface area contributed by atoms with Gasteiger partial charge in [0, 0.05) is 42.7 Å². The van der Waals surface area contributed by atoms with Crippen LogP contribution in [0.2, 0.25) is 0 Å². The fourth-order valence-electron chi connectivity index (χ4n) is 4.27. The van der Waals surface area contributed by atoms with Gasteiger partial charge in [-0.25, -0.2) is 9.78 Å². The monoisotopic (exact) mass is 464 g/mol. The normalized spacial score (nSPS) is 18.0. The summed E-state index contributed by atoms with van der Waals surface area (Å²) in [6.07, 6.45) is 6.23. The lowest BCUT2D eigenvalue weighted by Crippen LogP contribution is -2.36. The smallest absolute Gasteiger partial charge is 0.319 e. The number of anilines is 3. The minimum atomic E-state index is -0.144. The number of carbonyl (C=O) groups excluding carboxylic acids is 1. The Kier molecular flexibility index (Phi) is 7.54. The van der Waals surface area contributed by atoms with Crippen molar-refractivity contribution >= 4 is 46.1 Å². The van der Waals surface area contributed by atoms with Crippen molar-refractivity contribution in [1.29, 1.82) is 0 Å². The summed E-state index contributed by atoms with van der Waals surface area (Å²) in [5, 5.41) is 10.6. The zero-order chi connectivity index (χ0) is 23.2. The molecule has 1 heterocycles. The zero-order valence-corrected chi connectivity index (χ0v) is 20.3. The number of nitrogens with one attached hydrogen (secondary N) is 3. The van der Waals surface area contributed by atoms with E-state index in [-0.39, 0.29) is 6.03 Å². The molecule has 8 heteroatoms. The fourth-order valence-corrected chi connectivity index (χ4v) is 4.73. The van der Waals surface area contributed by atoms with Crippen molar-refractivity contribution in [2.75, 3.05) is 42.4 Å². The Morgan fingerprint density at radius 1 is 1.06 bits per heavy atom. The van der Waals surface area contributed by atoms with E-state index in [2.05, 4.69) is 22.0 Å². The van der Waals surface area contributed by atoms with E-state index in [9.17, 15) is 4.79 Å². The molecule has 0 saturated heterocycles. The van der Waals surface area contributed by atoms with Gasteiger partial charge in [-0.1, -0.05) is 18.2 Å². The number of thioether (sulfide) groups is 1. The highest BCUT2D eigenvalue weighted by atomic mass is 32.2. The highest BCUT2D eigenvalue weighted by Gasteiger charge is 2.22. The standard InChI is InChI=1S/C25H32N6OS/c1-31(2)23-21-9-4-5-10-22(21)29-24(30-23)27-18-13-11-17(12-14-18)16-26-25(32)28-19-7-6-8-20(15-19)33-3/h4-10,15,17-18H,11-14,16H2,1-3H3,(H2,26,28,32)(H,27,29,30). The molecule has 1 fully saturated rings. The quantitative estimate of drug-likeness (QED) is 0.417. The van der Waals surface area contributed by atoms with Gasteiger partial charge in [-0.05, 0) is 68.2 Å². The predicted molar refractivity (Wildman–Crippen MR) is 138 cm³/mol. The van der Waals surface area contributed by atoms with E-state index in [0.29, 0.717) is 24.5 Å². The van der Waals surface area contributed by atoms with Crippen LogP contribution < -0.4 is 20.9 Å². The van der Waals surface area contributed by atoms with Crippen LogP contribution in [0.25, 0.3) is 10.9 Å². The summed E-state index contributed by atoms with van der Waals surface area (Å²) in [5.74, 6) is 2.10. The maximum absolute atomic E-state index is 12.3. The van der Waals surface area contributed by atoms with Crippen LogP contribution >= 0.6 is 11.8 Å². The number of benzene rings is 2. The average molecular weight is 465 g/mol. The van der Waals surface area contributed by atoms with Gasteiger partial charge in [0.15, 0.2) is 0 Å². The molecule has 1 aliphatic carbocycles. The summed E-state index contributed by atoms with van der Waals surface area (Å²) in [6, 6.07) is 16.2. The molecule has 2 amide bonds. The first-order valence-corrected chi connectivity index (χ1v) is 12.6. The third-order valence-corrected chi connectivity index (χ3v) is 6.79. The van der Waals surface area contributed by atoms with Crippen molar-refractivity contribution < 1.29 is 4.79 Å². The molecular weight excluding hydrogens is 432 g/mol. The third-order valence-electron chi connectivity index (χ3n) is 6.07. The number of urea groups is 1. The maximum atomic E-state index is 12.3. The molecule has 4 rings (SSSR count). The van der Waals surface area contributed by atoms with Crippen LogP contribution in [-0.2, 0) is 0 Å². The molecule has 2 aromatic carbocycles. The predicted octanol–water partition coefficient (Wildman–Crippen LogP) is 5.21. The number of rotatable bonds is 7. The molecule has 7 nitrogen and oxygen atoms in total. The van der Waals surface area contributed by atoms with Crippen LogP contribution in [-0.4, -0.2) is 48.9 Å². The van der Waals surface area contributed by atoms with E-state index in [0.717, 1.165) is 53.0 Å². The summed E-state index contributed by atoms with van der Waals surface area (Å²) >= 11 is 1.66. The second-order valence-electron chi connectivity index (χ2n) is 8.71. The van der Waals surface area contributed by atoms with Gasteiger partial charge in [0.05, 0.1) is 5.52 Å². The highest BCUT2D eigenvalue weighted by molar-refractivity contribution is 7.98. The van der Waals surface area contributed by atoms with Gasteiger partial charge >= 0.3 is 6.03 Å². The number of para-hydroxylation sites is 1. The molecule has 0 unspecified atom stereocenters. The first-order valence-electron chi connectivity index (χ1n) is 11.4. The lowest BCUT2D eigenvalue weighted by molar-refractivity contribution is 0.246. The van der Waals surface area contributed by atoms with Gasteiger partial charge in [-0.3, -0.25) is 0 Å². The maximum Gasteiger partial charge on any atom is 0.319 e. The molecule has 0 atom stereocenters. The van der Waals surface area contributed by atoms with Crippen LogP contribution in [0.1, 0.15) is 25.7 Å². The number of hydrogen-bond acceptors (Lipinski definition) is 6. The Morgan fingerprint density at radius 2 is 1.85 bits per heavy atom. The van der Waals surface area contributed by atoms with E-state index in [1.807, 2.05) is 67.7 Å². The van der Waals surface area contributed by atoms with Crippen molar-refractivity contribution in [1.82, 2.24) is 15.3 Å². The molecule has 1 aromatic heterocycles. The van der Waals surface area contributed by atoms with Gasteiger partial charge in [0.2, 0.25) is 5.95 Å². The largest absolute Gasteiger partial charge is 0.362 e. The van der Waals surface area contributed by atoms with E-state index in [4.69, 9.17) is 9.97 Å². The summed E-state index contributed by atoms with van der Waals surface area (Å²) in [6.45, 7) is 0.692. The summed E-state index contributed by atoms with van der Waals surface area (Å²) in [4.78, 5) is 24.9. The number of fused-ring (bicyclic) bond motifs is 1. The molecule has 3 N–H and O–H groups in total. The van der Waals surface area contributed by atoms with Gasteiger partial charge in [0.1, 0.15) is 5.82 Å². The van der Waals surface area contributed by atoms with Gasteiger partial charge in [0.25, 0.3) is 0 Å². The average Bonchev–Trinajstić information content (AvgIpc) is 2.83. The van der Waals surface area contributed by atoms with Crippen LogP contribution in [0.4, 0.5) is 22.2 Å². The van der Waals surface area contributed by atoms with Crippen molar-refractivity contribution in [2.45, 2.75) is 36.6 Å². The molecule has 0 spiro atoms. The van der Waals surface area contributed by atoms with Crippen molar-refractivity contribution in [2.24, 2.45) is 5.92 Å². The van der Waals surface area contributed by atoms with Crippen LogP contribution in [0, 0.1) is 5.92 Å². The number of amides is 2. The number of aromatic nitrogens is 2. The second-order valence-corrected chi connectivity index (χ2v) is 9.59. The van der Waals surface area contributed by atoms with Crippen LogP contribution in [0.5, 0.6) is 0 Å². The third kappa shape index (κ3) is 6.07. The molecule has 174 valence electrons. The van der Waals surface area contributed by atoms with Crippen molar-refractivity contribution in [3.05, 3.63) is 48.5 Å². The van der Waals surface area contributed by atoms with E-state index in [1.165, 1.54) is 0 Å². The van der Waals surface area contributed by atoms with Gasteiger partial charge in [-0.15, -0.1) is 11.8 Å². The minimum absolute atomic E-state index is 0.144. The number of hydrogen-bond donors (Lipinski definition) is 3. The Balaban J connectivity index is 1.26. The first kappa shape index (κ1) is 23.2. The lowest BCUT2D eigenvalue weighted by atomic mass is 9.86. The van der Waals surface area contributed by atoms with Gasteiger partial charge < -0.3 is 20.9 Å². The summed E-state index contributed by atoms with van der Waals surface area (Å²) in [7, 11) is 4.01. The molecule has 0 bridgehead atoms. The van der Waals surface area contributed by atoms with E-state index < -0.39 is 0 Å². The van der Waals surface area contributed by atoms with Crippen LogP contribution in [0.15, 0.2) is 53.4 Å². The van der Waals surface area contributed by atoms with Crippen LogP contribution in [0.3, 0.4) is 0 Å². The molecule has 3 aromatic rings. The Bertz CT molecular complexity index is 1100. The Labute approximate surface area is 199 Å². The van der Waals surface area contributed by atoms with Crippen molar-refractivity contribution in [3.63, 3.8) is 0 Å². The van der Waals surface area contributed by atoms with Gasteiger partial charge in [-0.2, -0.15) is 4.98 Å². The summed E-state index contributed by atoms with van der Waals surface area (Å²) in [5.41, 5.74) is 1.77. The summed E-state index contributed by atoms with van der Waals surface area (Å²) < 4.78 is 0. The first-order chi connectivity index (χ1) is 16.0. The lowest BCUT2D eigenvalue weighted by Gasteiger charge is -2.29. The molecule has 0 radical (unpaired) electrons. The molecular formula is C25H32N6OS. The number of carbonyl (C=O) groups is 1. The highest BCUT2D eigenvalue weighted by Crippen LogP contribution is 2.28. The fraction of sp³-hybridized carbons (Fsp3) is 0.400. The zero-order valence-electron chi connectivity index (χ0n) is 19.5. The second kappa shape index (κ2) is 10.7. The molecule has 1 aliphatic rings. The Morgan fingerprint density at radius 3 is 2.61 bits per heavy atom. The molecule has 0 aliphatic heterocycles. The van der Waals surface area contributed by atoms with E-state index in [1.54, 1.807) is 11.8 Å². The Hall–Kier alpha value is -3.00. The molecule has 1 saturated carbocycles.